The van der Waals surface area contributed by atoms with Gasteiger partial charge in [-0.3, -0.25) is 4.68 Å². The van der Waals surface area contributed by atoms with E-state index >= 15 is 0 Å². The number of nitrogens with zero attached hydrogens (tertiary/aromatic N) is 3. The zero-order valence-corrected chi connectivity index (χ0v) is 8.69. The van der Waals surface area contributed by atoms with E-state index in [0.29, 0.717) is 6.04 Å². The van der Waals surface area contributed by atoms with Crippen LogP contribution in [0.4, 0.5) is 0 Å². The molecule has 1 atom stereocenters. The van der Waals surface area contributed by atoms with Crippen LogP contribution in [0, 0.1) is 0 Å². The van der Waals surface area contributed by atoms with Crippen LogP contribution in [0.25, 0.3) is 0 Å². The highest BCUT2D eigenvalue weighted by Crippen LogP contribution is 2.08. The fourth-order valence-corrected chi connectivity index (χ4v) is 1.95. The molecule has 0 aromatic carbocycles. The zero-order valence-electron chi connectivity index (χ0n) is 8.69. The molecule has 4 heteroatoms. The van der Waals surface area contributed by atoms with Crippen molar-refractivity contribution in [1.82, 2.24) is 14.7 Å². The van der Waals surface area contributed by atoms with Crippen LogP contribution < -0.4 is 5.73 Å². The predicted octanol–water partition coefficient (Wildman–Crippen LogP) is -0.00440. The maximum atomic E-state index is 5.84. The smallest absolute Gasteiger partial charge is 0.0522 e. The Bertz CT molecular complexity index is 294. The number of likely N-dealkylation sites (tertiary alicyclic amines) is 1. The van der Waals surface area contributed by atoms with Gasteiger partial charge in [-0.05, 0) is 24.9 Å². The molecule has 78 valence electrons. The molecule has 0 amide bonds. The Morgan fingerprint density at radius 3 is 3.07 bits per heavy atom. The summed E-state index contributed by atoms with van der Waals surface area (Å²) in [4.78, 5) is 2.43. The lowest BCUT2D eigenvalue weighted by molar-refractivity contribution is 0.339. The van der Waals surface area contributed by atoms with E-state index in [2.05, 4.69) is 16.2 Å². The van der Waals surface area contributed by atoms with Crippen molar-refractivity contribution in [2.75, 3.05) is 19.6 Å². The second-order valence-electron chi connectivity index (χ2n) is 4.12. The highest BCUT2D eigenvalue weighted by atomic mass is 15.2. The van der Waals surface area contributed by atoms with Gasteiger partial charge in [0.25, 0.3) is 0 Å². The Labute approximate surface area is 84.7 Å². The van der Waals surface area contributed by atoms with Gasteiger partial charge in [-0.1, -0.05) is 0 Å². The van der Waals surface area contributed by atoms with E-state index in [1.807, 2.05) is 17.9 Å². The largest absolute Gasteiger partial charge is 0.326 e. The lowest BCUT2D eigenvalue weighted by Crippen LogP contribution is -2.28. The predicted molar refractivity (Wildman–Crippen MR) is 55.9 cm³/mol. The third-order valence-electron chi connectivity index (χ3n) is 2.78. The van der Waals surface area contributed by atoms with Crippen molar-refractivity contribution in [1.29, 1.82) is 0 Å². The first-order valence-electron chi connectivity index (χ1n) is 5.19. The quantitative estimate of drug-likeness (QED) is 0.736. The van der Waals surface area contributed by atoms with Gasteiger partial charge in [0.2, 0.25) is 0 Å². The summed E-state index contributed by atoms with van der Waals surface area (Å²) in [6.45, 7) is 3.32. The highest BCUT2D eigenvalue weighted by molar-refractivity contribution is 5.04. The van der Waals surface area contributed by atoms with E-state index in [4.69, 9.17) is 5.73 Å². The SMILES string of the molecule is Cn1cc(CCN2CCC(N)C2)cn1. The van der Waals surface area contributed by atoms with Gasteiger partial charge in [0.15, 0.2) is 0 Å². The molecule has 1 aliphatic rings. The minimum Gasteiger partial charge on any atom is -0.326 e. The molecule has 1 fully saturated rings. The van der Waals surface area contributed by atoms with Crippen molar-refractivity contribution in [3.8, 4) is 0 Å². The first-order chi connectivity index (χ1) is 6.74. The molecule has 0 aliphatic carbocycles. The molecule has 0 radical (unpaired) electrons. The zero-order chi connectivity index (χ0) is 9.97. The summed E-state index contributed by atoms with van der Waals surface area (Å²) in [6, 6.07) is 0.392. The van der Waals surface area contributed by atoms with Crippen LogP contribution >= 0.6 is 0 Å². The molecule has 1 aromatic heterocycles. The minimum absolute atomic E-state index is 0.392. The first kappa shape index (κ1) is 9.68. The molecule has 14 heavy (non-hydrogen) atoms. The molecule has 1 saturated heterocycles. The van der Waals surface area contributed by atoms with Gasteiger partial charge in [0.1, 0.15) is 0 Å². The van der Waals surface area contributed by atoms with Gasteiger partial charge < -0.3 is 10.6 Å². The molecule has 2 rings (SSSR count). The topological polar surface area (TPSA) is 47.1 Å². The van der Waals surface area contributed by atoms with Crippen LogP contribution in [0.1, 0.15) is 12.0 Å². The molecule has 1 aromatic rings. The van der Waals surface area contributed by atoms with Crippen molar-refractivity contribution in [3.63, 3.8) is 0 Å². The molecule has 2 heterocycles. The van der Waals surface area contributed by atoms with Crippen molar-refractivity contribution < 1.29 is 0 Å². The third kappa shape index (κ3) is 2.33. The standard InChI is InChI=1S/C10H18N4/c1-13-7-9(6-12-13)2-4-14-5-3-10(11)8-14/h6-7,10H,2-5,8,11H2,1H3. The summed E-state index contributed by atoms with van der Waals surface area (Å²) >= 11 is 0. The number of aryl methyl sites for hydroxylation is 1. The summed E-state index contributed by atoms with van der Waals surface area (Å²) in [5.41, 5.74) is 7.15. The highest BCUT2D eigenvalue weighted by Gasteiger charge is 2.18. The normalized spacial score (nSPS) is 23.1. The lowest BCUT2D eigenvalue weighted by atomic mass is 10.2. The van der Waals surface area contributed by atoms with E-state index in [9.17, 15) is 0 Å². The Balaban J connectivity index is 1.77. The van der Waals surface area contributed by atoms with Gasteiger partial charge >= 0.3 is 0 Å². The molecule has 4 nitrogen and oxygen atoms in total. The van der Waals surface area contributed by atoms with Gasteiger partial charge in [0, 0.05) is 32.4 Å². The number of nitrogens with two attached hydrogens (primary N) is 1. The Morgan fingerprint density at radius 1 is 1.64 bits per heavy atom. The summed E-state index contributed by atoms with van der Waals surface area (Å²) in [7, 11) is 1.95. The molecule has 0 spiro atoms. The molecule has 1 aliphatic heterocycles. The van der Waals surface area contributed by atoms with E-state index in [0.717, 1.165) is 32.5 Å². The monoisotopic (exact) mass is 194 g/mol. The van der Waals surface area contributed by atoms with E-state index in [-0.39, 0.29) is 0 Å². The Morgan fingerprint density at radius 2 is 2.50 bits per heavy atom. The fourth-order valence-electron chi connectivity index (χ4n) is 1.95. The van der Waals surface area contributed by atoms with Crippen LogP contribution in [0.5, 0.6) is 0 Å². The molecular weight excluding hydrogens is 176 g/mol. The average molecular weight is 194 g/mol. The molecule has 0 saturated carbocycles. The minimum atomic E-state index is 0.392. The van der Waals surface area contributed by atoms with Crippen LogP contribution in [-0.4, -0.2) is 40.4 Å². The number of hydrogen-bond acceptors (Lipinski definition) is 3. The lowest BCUT2D eigenvalue weighted by Gasteiger charge is -2.13. The molecule has 2 N–H and O–H groups in total. The summed E-state index contributed by atoms with van der Waals surface area (Å²) in [5, 5.41) is 4.15. The first-order valence-corrected chi connectivity index (χ1v) is 5.19. The number of rotatable bonds is 3. The second kappa shape index (κ2) is 4.11. The second-order valence-corrected chi connectivity index (χ2v) is 4.12. The van der Waals surface area contributed by atoms with Crippen LogP contribution in [0.3, 0.4) is 0 Å². The summed E-state index contributed by atoms with van der Waals surface area (Å²) < 4.78 is 1.85. The summed E-state index contributed by atoms with van der Waals surface area (Å²) in [5.74, 6) is 0. The Hall–Kier alpha value is -0.870. The van der Waals surface area contributed by atoms with Crippen molar-refractivity contribution >= 4 is 0 Å². The summed E-state index contributed by atoms with van der Waals surface area (Å²) in [6.07, 6.45) is 6.25. The number of aromatic nitrogens is 2. The molecule has 0 bridgehead atoms. The van der Waals surface area contributed by atoms with Crippen molar-refractivity contribution in [2.24, 2.45) is 12.8 Å². The van der Waals surface area contributed by atoms with Gasteiger partial charge in [-0.2, -0.15) is 5.10 Å². The maximum absolute atomic E-state index is 5.84. The van der Waals surface area contributed by atoms with Crippen molar-refractivity contribution in [3.05, 3.63) is 18.0 Å². The van der Waals surface area contributed by atoms with Crippen LogP contribution in [0.15, 0.2) is 12.4 Å². The van der Waals surface area contributed by atoms with Gasteiger partial charge in [-0.25, -0.2) is 0 Å². The van der Waals surface area contributed by atoms with Crippen LogP contribution in [-0.2, 0) is 13.5 Å². The fraction of sp³-hybridized carbons (Fsp3) is 0.700. The Kier molecular flexibility index (Phi) is 2.84. The van der Waals surface area contributed by atoms with Crippen LogP contribution in [0.2, 0.25) is 0 Å². The van der Waals surface area contributed by atoms with Gasteiger partial charge in [-0.15, -0.1) is 0 Å². The number of hydrogen-bond donors (Lipinski definition) is 1. The molecular formula is C10H18N4. The van der Waals surface area contributed by atoms with E-state index in [1.165, 1.54) is 5.56 Å². The van der Waals surface area contributed by atoms with Gasteiger partial charge in [0.05, 0.1) is 6.20 Å². The average Bonchev–Trinajstić information content (AvgIpc) is 2.72. The molecule has 1 unspecified atom stereocenters. The maximum Gasteiger partial charge on any atom is 0.0522 e. The van der Waals surface area contributed by atoms with E-state index in [1.54, 1.807) is 0 Å². The van der Waals surface area contributed by atoms with Crippen molar-refractivity contribution in [2.45, 2.75) is 18.9 Å². The third-order valence-corrected chi connectivity index (χ3v) is 2.78. The van der Waals surface area contributed by atoms with E-state index < -0.39 is 0 Å².